The van der Waals surface area contributed by atoms with Crippen LogP contribution in [0.4, 0.5) is 13.2 Å². The third kappa shape index (κ3) is 5.43. The fourth-order valence-electron chi connectivity index (χ4n) is 5.35. The van der Waals surface area contributed by atoms with E-state index >= 15 is 0 Å². The molecule has 214 valence electrons. The van der Waals surface area contributed by atoms with Gasteiger partial charge in [-0.3, -0.25) is 4.79 Å². The highest BCUT2D eigenvalue weighted by atomic mass is 35.5. The maximum absolute atomic E-state index is 14.5. The molecule has 41 heavy (non-hydrogen) atoms. The standard InChI is InChI=1S/C31H28Cl2F3N3O2/c1-18-12-19(7-9-24(18)29(2,3)4)17-37-28(40)23-8-10-27(39-11-5-6-26(23)39)25-16-30(41-38-25,31(34,35)36)20-13-21(32)15-22(33)14-20/h5-15H,16-17H2,1-4H3,(H,37,40). The molecule has 1 unspecified atom stereocenters. The van der Waals surface area contributed by atoms with E-state index in [2.05, 4.69) is 50.3 Å². The maximum Gasteiger partial charge on any atom is 0.435 e. The zero-order valence-electron chi connectivity index (χ0n) is 22.9. The first-order valence-electron chi connectivity index (χ1n) is 13.0. The quantitative estimate of drug-likeness (QED) is 0.250. The predicted octanol–water partition coefficient (Wildman–Crippen LogP) is 8.36. The minimum atomic E-state index is -4.81. The average molecular weight is 602 g/mol. The van der Waals surface area contributed by atoms with Crippen molar-refractivity contribution in [2.75, 3.05) is 0 Å². The molecule has 0 radical (unpaired) electrons. The lowest BCUT2D eigenvalue weighted by Crippen LogP contribution is -2.42. The van der Waals surface area contributed by atoms with Gasteiger partial charge in [-0.25, -0.2) is 0 Å². The molecule has 1 N–H and O–H groups in total. The average Bonchev–Trinajstić information content (AvgIpc) is 3.54. The Morgan fingerprint density at radius 3 is 2.39 bits per heavy atom. The molecule has 2 aromatic carbocycles. The number of hydrogen-bond donors (Lipinski definition) is 1. The highest BCUT2D eigenvalue weighted by Crippen LogP contribution is 2.49. The number of pyridine rings is 1. The van der Waals surface area contributed by atoms with Gasteiger partial charge in [-0.1, -0.05) is 67.3 Å². The van der Waals surface area contributed by atoms with Crippen LogP contribution >= 0.6 is 23.2 Å². The number of fused-ring (bicyclic) bond motifs is 1. The first kappa shape index (κ1) is 29.0. The van der Waals surface area contributed by atoms with E-state index in [0.717, 1.165) is 11.1 Å². The summed E-state index contributed by atoms with van der Waals surface area (Å²) in [6.45, 7) is 8.85. The predicted molar refractivity (Wildman–Crippen MR) is 155 cm³/mol. The lowest BCUT2D eigenvalue weighted by atomic mass is 9.83. The molecule has 1 aliphatic heterocycles. The Morgan fingerprint density at radius 2 is 1.76 bits per heavy atom. The first-order chi connectivity index (χ1) is 19.2. The number of rotatable bonds is 5. The summed E-state index contributed by atoms with van der Waals surface area (Å²) in [6, 6.07) is 16.5. The van der Waals surface area contributed by atoms with Crippen LogP contribution in [0.25, 0.3) is 5.52 Å². The molecule has 1 atom stereocenters. The van der Waals surface area contributed by atoms with Crippen molar-refractivity contribution in [2.24, 2.45) is 5.16 Å². The number of carbonyl (C=O) groups is 1. The summed E-state index contributed by atoms with van der Waals surface area (Å²) in [6.07, 6.45) is -3.75. The molecule has 5 nitrogen and oxygen atoms in total. The third-order valence-electron chi connectivity index (χ3n) is 7.30. The number of aromatic nitrogens is 1. The topological polar surface area (TPSA) is 55.1 Å². The van der Waals surface area contributed by atoms with Crippen molar-refractivity contribution in [3.8, 4) is 0 Å². The number of nitrogens with one attached hydrogen (secondary N) is 1. The fraction of sp³-hybridized carbons (Fsp3) is 0.290. The Hall–Kier alpha value is -3.49. The van der Waals surface area contributed by atoms with E-state index in [1.165, 1.54) is 23.8 Å². The highest BCUT2D eigenvalue weighted by Gasteiger charge is 2.62. The van der Waals surface area contributed by atoms with Gasteiger partial charge in [0, 0.05) is 28.4 Å². The van der Waals surface area contributed by atoms with Crippen LogP contribution in [0.15, 0.2) is 72.0 Å². The molecule has 4 aromatic rings. The van der Waals surface area contributed by atoms with Crippen molar-refractivity contribution in [1.29, 1.82) is 0 Å². The van der Waals surface area contributed by atoms with Crippen molar-refractivity contribution in [2.45, 2.75) is 57.9 Å². The molecule has 0 saturated carbocycles. The van der Waals surface area contributed by atoms with Crippen molar-refractivity contribution >= 4 is 40.3 Å². The van der Waals surface area contributed by atoms with E-state index in [-0.39, 0.29) is 32.6 Å². The summed E-state index contributed by atoms with van der Waals surface area (Å²) < 4.78 is 45.0. The van der Waals surface area contributed by atoms with Crippen molar-refractivity contribution in [3.05, 3.63) is 110 Å². The van der Waals surface area contributed by atoms with Gasteiger partial charge in [-0.15, -0.1) is 0 Å². The number of benzene rings is 2. The summed E-state index contributed by atoms with van der Waals surface area (Å²) in [5.41, 5.74) is 1.72. The van der Waals surface area contributed by atoms with Crippen LogP contribution in [0.2, 0.25) is 10.0 Å². The van der Waals surface area contributed by atoms with E-state index in [1.54, 1.807) is 34.9 Å². The fourth-order valence-corrected chi connectivity index (χ4v) is 5.87. The van der Waals surface area contributed by atoms with Crippen LogP contribution in [-0.2, 0) is 22.4 Å². The number of halogens is 5. The summed E-state index contributed by atoms with van der Waals surface area (Å²) in [7, 11) is 0. The minimum absolute atomic E-state index is 0.0177. The maximum atomic E-state index is 14.5. The molecule has 1 amide bonds. The van der Waals surface area contributed by atoms with Crippen LogP contribution in [0, 0.1) is 6.92 Å². The van der Waals surface area contributed by atoms with Gasteiger partial charge in [0.05, 0.1) is 23.2 Å². The van der Waals surface area contributed by atoms with E-state index in [1.807, 2.05) is 6.07 Å². The minimum Gasteiger partial charge on any atom is -0.374 e. The SMILES string of the molecule is Cc1cc(CNC(=O)c2ccc(C3=NOC(c4cc(Cl)cc(Cl)c4)(C(F)(F)F)C3)n3cccc23)ccc1C(C)(C)C. The summed E-state index contributed by atoms with van der Waals surface area (Å²) in [5.74, 6) is -0.305. The van der Waals surface area contributed by atoms with Gasteiger partial charge in [0.25, 0.3) is 11.5 Å². The van der Waals surface area contributed by atoms with Crippen LogP contribution < -0.4 is 5.32 Å². The number of oxime groups is 1. The van der Waals surface area contributed by atoms with E-state index < -0.39 is 18.2 Å². The Kier molecular flexibility index (Phi) is 7.37. The molecule has 3 heterocycles. The van der Waals surface area contributed by atoms with Crippen LogP contribution in [-0.4, -0.2) is 22.2 Å². The third-order valence-corrected chi connectivity index (χ3v) is 7.74. The zero-order valence-corrected chi connectivity index (χ0v) is 24.4. The zero-order chi connectivity index (χ0) is 29.7. The van der Waals surface area contributed by atoms with Gasteiger partial charge in [0.15, 0.2) is 0 Å². The first-order valence-corrected chi connectivity index (χ1v) is 13.7. The summed E-state index contributed by atoms with van der Waals surface area (Å²) in [4.78, 5) is 18.4. The van der Waals surface area contributed by atoms with Gasteiger partial charge >= 0.3 is 6.18 Å². The van der Waals surface area contributed by atoms with Gasteiger partial charge in [-0.05, 0) is 71.5 Å². The highest BCUT2D eigenvalue weighted by molar-refractivity contribution is 6.34. The number of amides is 1. The Morgan fingerprint density at radius 1 is 1.05 bits per heavy atom. The van der Waals surface area contributed by atoms with Crippen molar-refractivity contribution < 1.29 is 22.8 Å². The van der Waals surface area contributed by atoms with Crippen LogP contribution in [0.1, 0.15) is 65.5 Å². The molecule has 0 bridgehead atoms. The Bertz CT molecular complexity index is 1670. The molecule has 0 aliphatic carbocycles. The smallest absolute Gasteiger partial charge is 0.374 e. The second-order valence-electron chi connectivity index (χ2n) is 11.3. The lowest BCUT2D eigenvalue weighted by molar-refractivity contribution is -0.275. The molecule has 0 saturated heterocycles. The molecule has 1 aliphatic rings. The number of alkyl halides is 3. The van der Waals surface area contributed by atoms with Crippen molar-refractivity contribution in [1.82, 2.24) is 9.72 Å². The van der Waals surface area contributed by atoms with E-state index in [4.69, 9.17) is 28.0 Å². The number of nitrogens with zero attached hydrogens (tertiary/aromatic N) is 2. The normalized spacial score (nSPS) is 17.4. The molecular formula is C31H28Cl2F3N3O2. The monoisotopic (exact) mass is 601 g/mol. The summed E-state index contributed by atoms with van der Waals surface area (Å²) >= 11 is 12.0. The van der Waals surface area contributed by atoms with E-state index in [0.29, 0.717) is 23.3 Å². The Labute approximate surface area is 245 Å². The lowest BCUT2D eigenvalue weighted by Gasteiger charge is -2.29. The Balaban J connectivity index is 1.40. The number of aryl methyl sites for hydroxylation is 1. The van der Waals surface area contributed by atoms with Gasteiger partial charge in [-0.2, -0.15) is 13.2 Å². The van der Waals surface area contributed by atoms with E-state index in [9.17, 15) is 18.0 Å². The molecule has 10 heteroatoms. The number of hydrogen-bond acceptors (Lipinski definition) is 3. The second-order valence-corrected chi connectivity index (χ2v) is 12.1. The van der Waals surface area contributed by atoms with Gasteiger partial charge in [0.1, 0.15) is 5.71 Å². The molecule has 5 rings (SSSR count). The largest absolute Gasteiger partial charge is 0.435 e. The van der Waals surface area contributed by atoms with Crippen LogP contribution in [0.3, 0.4) is 0 Å². The second kappa shape index (κ2) is 10.4. The molecule has 0 spiro atoms. The molecule has 2 aromatic heterocycles. The van der Waals surface area contributed by atoms with Crippen LogP contribution in [0.5, 0.6) is 0 Å². The summed E-state index contributed by atoms with van der Waals surface area (Å²) in [5, 5.41) is 6.92. The molecule has 0 fully saturated rings. The van der Waals surface area contributed by atoms with Gasteiger partial charge < -0.3 is 14.6 Å². The number of carbonyl (C=O) groups excluding carboxylic acids is 1. The van der Waals surface area contributed by atoms with Gasteiger partial charge in [0.2, 0.25) is 0 Å². The van der Waals surface area contributed by atoms with Crippen molar-refractivity contribution in [3.63, 3.8) is 0 Å². The molecular weight excluding hydrogens is 574 g/mol.